The van der Waals surface area contributed by atoms with E-state index in [1.165, 1.54) is 12.1 Å². The van der Waals surface area contributed by atoms with Crippen molar-refractivity contribution in [1.29, 1.82) is 0 Å². The lowest BCUT2D eigenvalue weighted by Crippen LogP contribution is -2.26. The first kappa shape index (κ1) is 26.0. The van der Waals surface area contributed by atoms with Crippen molar-refractivity contribution in [3.63, 3.8) is 0 Å². The van der Waals surface area contributed by atoms with Crippen LogP contribution in [-0.4, -0.2) is 4.40 Å². The van der Waals surface area contributed by atoms with Gasteiger partial charge in [0.15, 0.2) is 0 Å². The Morgan fingerprint density at radius 1 is 0.438 bits per heavy atom. The van der Waals surface area contributed by atoms with Crippen LogP contribution in [0.5, 0.6) is 0 Å². The van der Waals surface area contributed by atoms with Crippen molar-refractivity contribution >= 4 is 38.0 Å². The molecule has 0 fully saturated rings. The van der Waals surface area contributed by atoms with Crippen LogP contribution in [0.4, 0.5) is 8.78 Å². The lowest BCUT2D eigenvalue weighted by molar-refractivity contribution is 0.618. The number of hydrogen-bond acceptors (Lipinski definition) is 1. The summed E-state index contributed by atoms with van der Waals surface area (Å²) in [6.45, 7) is 0. The Morgan fingerprint density at radius 3 is 1.79 bits per heavy atom. The topological polar surface area (TPSA) is 21.5 Å². The molecular weight excluding hydrogens is 596 g/mol. The number of pyridine rings is 1. The number of nitrogens with zero attached hydrogens (tertiary/aromatic N) is 1. The predicted molar refractivity (Wildman–Crippen MR) is 189 cm³/mol. The zero-order valence-corrected chi connectivity index (χ0v) is 25.4. The lowest BCUT2D eigenvalue weighted by Gasteiger charge is -2.30. The number of halogens is 2. The van der Waals surface area contributed by atoms with Crippen LogP contribution in [0.15, 0.2) is 144 Å². The fourth-order valence-electron chi connectivity index (χ4n) is 9.07. The first-order valence-corrected chi connectivity index (χ1v) is 16.1. The van der Waals surface area contributed by atoms with Crippen molar-refractivity contribution in [3.05, 3.63) is 184 Å². The van der Waals surface area contributed by atoms with Gasteiger partial charge in [0, 0.05) is 27.1 Å². The van der Waals surface area contributed by atoms with E-state index in [1.807, 2.05) is 71.1 Å². The van der Waals surface area contributed by atoms with Gasteiger partial charge in [0.05, 0.1) is 16.4 Å². The molecule has 9 aromatic rings. The largest absolute Gasteiger partial charge is 0.274 e. The highest BCUT2D eigenvalue weighted by atomic mass is 19.1. The third-order valence-electron chi connectivity index (χ3n) is 10.8. The monoisotopic (exact) mass is 619 g/mol. The van der Waals surface area contributed by atoms with Gasteiger partial charge in [0.25, 0.3) is 5.56 Å². The summed E-state index contributed by atoms with van der Waals surface area (Å²) in [7, 11) is 0. The Morgan fingerprint density at radius 2 is 1.06 bits per heavy atom. The SMILES string of the molecule is O=c1c2ccccc2c2cc(-c3ccccc3)cc3c4ccc5c(c4n1c23)-c1ccccc1C51c2cc(F)ccc2-c2ccc(F)cc21. The van der Waals surface area contributed by atoms with Crippen molar-refractivity contribution in [2.45, 2.75) is 5.41 Å². The van der Waals surface area contributed by atoms with Gasteiger partial charge in [-0.05, 0) is 97.9 Å². The second-order valence-electron chi connectivity index (χ2n) is 13.0. The molecule has 0 unspecified atom stereocenters. The van der Waals surface area contributed by atoms with E-state index in [1.54, 1.807) is 12.1 Å². The fourth-order valence-corrected chi connectivity index (χ4v) is 9.07. The second kappa shape index (κ2) is 8.81. The van der Waals surface area contributed by atoms with Gasteiger partial charge in [-0.15, -0.1) is 0 Å². The first-order chi connectivity index (χ1) is 23.6. The summed E-state index contributed by atoms with van der Waals surface area (Å²) in [5, 5.41) is 4.53. The van der Waals surface area contributed by atoms with E-state index in [4.69, 9.17) is 0 Å². The second-order valence-corrected chi connectivity index (χ2v) is 13.0. The lowest BCUT2D eigenvalue weighted by atomic mass is 9.70. The molecule has 0 atom stereocenters. The molecule has 224 valence electrons. The van der Waals surface area contributed by atoms with Crippen LogP contribution in [0.25, 0.3) is 71.3 Å². The number of aromatic nitrogens is 1. The van der Waals surface area contributed by atoms with Crippen LogP contribution in [0.2, 0.25) is 0 Å². The zero-order valence-electron chi connectivity index (χ0n) is 25.4. The Kier molecular flexibility index (Phi) is 4.77. The van der Waals surface area contributed by atoms with Gasteiger partial charge in [-0.2, -0.15) is 0 Å². The summed E-state index contributed by atoms with van der Waals surface area (Å²) < 4.78 is 32.4. The van der Waals surface area contributed by atoms with Crippen LogP contribution in [-0.2, 0) is 5.41 Å². The maximum absolute atomic E-state index is 15.3. The molecule has 0 radical (unpaired) electrons. The van der Waals surface area contributed by atoms with Crippen LogP contribution in [0.1, 0.15) is 22.3 Å². The van der Waals surface area contributed by atoms with Crippen molar-refractivity contribution in [2.24, 2.45) is 0 Å². The van der Waals surface area contributed by atoms with E-state index in [0.29, 0.717) is 5.39 Å². The van der Waals surface area contributed by atoms with Gasteiger partial charge in [0.1, 0.15) is 11.6 Å². The van der Waals surface area contributed by atoms with E-state index in [2.05, 4.69) is 48.5 Å². The molecule has 0 amide bonds. The average molecular weight is 620 g/mol. The summed E-state index contributed by atoms with van der Waals surface area (Å²) in [6.07, 6.45) is 0. The molecule has 11 rings (SSSR count). The van der Waals surface area contributed by atoms with E-state index in [0.717, 1.165) is 88.2 Å². The molecule has 0 saturated heterocycles. The molecular formula is C44H23F2NO. The quantitative estimate of drug-likeness (QED) is 0.168. The maximum atomic E-state index is 15.3. The number of hydrogen-bond donors (Lipinski definition) is 0. The smallest absolute Gasteiger partial charge is 0.263 e. The summed E-state index contributed by atoms with van der Waals surface area (Å²) in [5.41, 5.74) is 9.92. The van der Waals surface area contributed by atoms with Gasteiger partial charge in [0.2, 0.25) is 0 Å². The molecule has 1 spiro atoms. The highest BCUT2D eigenvalue weighted by molar-refractivity contribution is 6.24. The molecule has 2 aliphatic carbocycles. The normalized spacial score (nSPS) is 13.9. The van der Waals surface area contributed by atoms with Gasteiger partial charge in [-0.25, -0.2) is 8.78 Å². The molecule has 0 bridgehead atoms. The molecule has 2 aliphatic rings. The minimum Gasteiger partial charge on any atom is -0.274 e. The molecule has 0 aliphatic heterocycles. The summed E-state index contributed by atoms with van der Waals surface area (Å²) >= 11 is 0. The van der Waals surface area contributed by atoms with Crippen LogP contribution < -0.4 is 5.56 Å². The minimum absolute atomic E-state index is 0.0818. The first-order valence-electron chi connectivity index (χ1n) is 16.1. The standard InChI is InChI=1S/C44H23F2NO/c45-26-14-16-29-30-17-15-27(46)23-39(30)44(38(29)22-26)36-13-7-6-12-33(36)40-37(44)19-18-31-35-21-25(24-8-2-1-3-9-24)20-34-28-10-4-5-11-32(28)43(48)47(41(34)35)42(31)40/h1-23H. The highest BCUT2D eigenvalue weighted by Gasteiger charge is 2.52. The van der Waals surface area contributed by atoms with E-state index >= 15 is 8.78 Å². The summed E-state index contributed by atoms with van der Waals surface area (Å²) in [6, 6.07) is 44.7. The van der Waals surface area contributed by atoms with E-state index < -0.39 is 5.41 Å². The van der Waals surface area contributed by atoms with Gasteiger partial charge in [-0.1, -0.05) is 97.1 Å². The highest BCUT2D eigenvalue weighted by Crippen LogP contribution is 2.64. The van der Waals surface area contributed by atoms with E-state index in [9.17, 15) is 4.79 Å². The fraction of sp³-hybridized carbons (Fsp3) is 0.0227. The number of rotatable bonds is 1. The zero-order chi connectivity index (χ0) is 31.9. The van der Waals surface area contributed by atoms with E-state index in [-0.39, 0.29) is 17.2 Å². The maximum Gasteiger partial charge on any atom is 0.263 e. The average Bonchev–Trinajstić information content (AvgIpc) is 3.72. The minimum atomic E-state index is -0.959. The Bertz CT molecular complexity index is 2890. The van der Waals surface area contributed by atoms with Crippen molar-refractivity contribution in [3.8, 4) is 33.4 Å². The van der Waals surface area contributed by atoms with Crippen LogP contribution in [0, 0.1) is 11.6 Å². The summed E-state index contributed by atoms with van der Waals surface area (Å²) in [5.74, 6) is -0.691. The van der Waals surface area contributed by atoms with Crippen molar-refractivity contribution in [2.75, 3.05) is 0 Å². The van der Waals surface area contributed by atoms with Crippen LogP contribution >= 0.6 is 0 Å². The molecule has 0 saturated carbocycles. The number of benzene rings is 7. The van der Waals surface area contributed by atoms with Crippen molar-refractivity contribution in [1.82, 2.24) is 4.40 Å². The Labute approximate surface area is 273 Å². The summed E-state index contributed by atoms with van der Waals surface area (Å²) in [4.78, 5) is 14.7. The van der Waals surface area contributed by atoms with Crippen molar-refractivity contribution < 1.29 is 8.78 Å². The molecule has 2 aromatic heterocycles. The molecule has 0 N–H and O–H groups in total. The Balaban J connectivity index is 1.39. The molecule has 2 heterocycles. The molecule has 2 nitrogen and oxygen atoms in total. The molecule has 4 heteroatoms. The Hall–Kier alpha value is -6.13. The van der Waals surface area contributed by atoms with Gasteiger partial charge >= 0.3 is 0 Å². The third-order valence-corrected chi connectivity index (χ3v) is 10.8. The third kappa shape index (κ3) is 2.95. The van der Waals surface area contributed by atoms with Gasteiger partial charge in [-0.3, -0.25) is 9.20 Å². The number of fused-ring (bicyclic) bond motifs is 16. The molecule has 48 heavy (non-hydrogen) atoms. The predicted octanol–water partition coefficient (Wildman–Crippen LogP) is 10.5. The molecule has 7 aromatic carbocycles. The van der Waals surface area contributed by atoms with Gasteiger partial charge < -0.3 is 0 Å². The van der Waals surface area contributed by atoms with Crippen LogP contribution in [0.3, 0.4) is 0 Å².